The van der Waals surface area contributed by atoms with E-state index in [2.05, 4.69) is 48.2 Å². The van der Waals surface area contributed by atoms with E-state index in [0.717, 1.165) is 29.6 Å². The molecule has 0 aliphatic heterocycles. The van der Waals surface area contributed by atoms with E-state index in [0.29, 0.717) is 6.04 Å². The smallest absolute Gasteiger partial charge is 0.205 e. The number of rotatable bonds is 8. The summed E-state index contributed by atoms with van der Waals surface area (Å²) in [5, 5.41) is 13.7. The largest absolute Gasteiger partial charge is 0.360 e. The van der Waals surface area contributed by atoms with Crippen molar-refractivity contribution >= 4 is 16.5 Å². The standard InChI is InChI=1S/C12H24N4S/c1-5-7-10(3)16(4)9-11-14-15-12(17-11)13-8-6-2/h10H,5-9H2,1-4H3,(H,13,15). The molecule has 0 spiro atoms. The number of hydrogen-bond donors (Lipinski definition) is 1. The van der Waals surface area contributed by atoms with Crippen LogP contribution in [0.4, 0.5) is 5.13 Å². The molecule has 1 unspecified atom stereocenters. The highest BCUT2D eigenvalue weighted by atomic mass is 32.1. The van der Waals surface area contributed by atoms with Crippen molar-refractivity contribution in [3.63, 3.8) is 0 Å². The second kappa shape index (κ2) is 7.61. The summed E-state index contributed by atoms with van der Waals surface area (Å²) < 4.78 is 0. The second-order valence-electron chi connectivity index (χ2n) is 4.48. The summed E-state index contributed by atoms with van der Waals surface area (Å²) in [6, 6.07) is 0.607. The maximum atomic E-state index is 4.22. The van der Waals surface area contributed by atoms with Crippen LogP contribution < -0.4 is 5.32 Å². The molecule has 1 heterocycles. The Balaban J connectivity index is 2.42. The molecule has 5 heteroatoms. The van der Waals surface area contributed by atoms with E-state index in [4.69, 9.17) is 0 Å². The molecule has 0 saturated heterocycles. The van der Waals surface area contributed by atoms with Gasteiger partial charge in [-0.25, -0.2) is 0 Å². The van der Waals surface area contributed by atoms with Gasteiger partial charge < -0.3 is 5.32 Å². The summed E-state index contributed by atoms with van der Waals surface area (Å²) in [7, 11) is 2.15. The van der Waals surface area contributed by atoms with Crippen LogP contribution in [0.1, 0.15) is 45.0 Å². The quantitative estimate of drug-likeness (QED) is 0.776. The van der Waals surface area contributed by atoms with Gasteiger partial charge in [0, 0.05) is 12.6 Å². The highest BCUT2D eigenvalue weighted by molar-refractivity contribution is 7.15. The molecule has 98 valence electrons. The lowest BCUT2D eigenvalue weighted by molar-refractivity contribution is 0.236. The van der Waals surface area contributed by atoms with Crippen molar-refractivity contribution in [1.29, 1.82) is 0 Å². The molecule has 1 rings (SSSR count). The van der Waals surface area contributed by atoms with Crippen molar-refractivity contribution in [3.8, 4) is 0 Å². The minimum absolute atomic E-state index is 0.607. The van der Waals surface area contributed by atoms with E-state index in [-0.39, 0.29) is 0 Å². The molecule has 0 aliphatic carbocycles. The Hall–Kier alpha value is -0.680. The predicted molar refractivity (Wildman–Crippen MR) is 74.5 cm³/mol. The Morgan fingerprint density at radius 3 is 2.71 bits per heavy atom. The molecule has 0 aromatic carbocycles. The Labute approximate surface area is 108 Å². The topological polar surface area (TPSA) is 41.1 Å². The number of anilines is 1. The lowest BCUT2D eigenvalue weighted by Crippen LogP contribution is -2.28. The van der Waals surface area contributed by atoms with Gasteiger partial charge in [-0.1, -0.05) is 31.6 Å². The number of aromatic nitrogens is 2. The van der Waals surface area contributed by atoms with Crippen molar-refractivity contribution in [3.05, 3.63) is 5.01 Å². The van der Waals surface area contributed by atoms with Gasteiger partial charge in [0.2, 0.25) is 5.13 Å². The van der Waals surface area contributed by atoms with Crippen molar-refractivity contribution in [1.82, 2.24) is 15.1 Å². The van der Waals surface area contributed by atoms with E-state index in [9.17, 15) is 0 Å². The zero-order valence-corrected chi connectivity index (χ0v) is 12.2. The fourth-order valence-electron chi connectivity index (χ4n) is 1.63. The first-order chi connectivity index (χ1) is 8.17. The molecule has 0 fully saturated rings. The highest BCUT2D eigenvalue weighted by Gasteiger charge is 2.11. The van der Waals surface area contributed by atoms with Gasteiger partial charge in [0.05, 0.1) is 6.54 Å². The van der Waals surface area contributed by atoms with Crippen LogP contribution in [0.2, 0.25) is 0 Å². The van der Waals surface area contributed by atoms with Crippen LogP contribution in [0.25, 0.3) is 0 Å². The fraction of sp³-hybridized carbons (Fsp3) is 0.833. The van der Waals surface area contributed by atoms with Gasteiger partial charge in [0.15, 0.2) is 0 Å². The molecule has 0 bridgehead atoms. The molecule has 17 heavy (non-hydrogen) atoms. The molecular weight excluding hydrogens is 232 g/mol. The molecule has 1 atom stereocenters. The van der Waals surface area contributed by atoms with Gasteiger partial charge in [-0.05, 0) is 26.8 Å². The summed E-state index contributed by atoms with van der Waals surface area (Å²) in [5.41, 5.74) is 0. The molecule has 1 aromatic rings. The molecule has 1 aromatic heterocycles. The van der Waals surface area contributed by atoms with E-state index in [1.807, 2.05) is 0 Å². The highest BCUT2D eigenvalue weighted by Crippen LogP contribution is 2.17. The molecular formula is C12H24N4S. The maximum absolute atomic E-state index is 4.22. The summed E-state index contributed by atoms with van der Waals surface area (Å²) in [6.07, 6.45) is 3.57. The van der Waals surface area contributed by atoms with Crippen molar-refractivity contribution in [2.75, 3.05) is 18.9 Å². The molecule has 0 amide bonds. The molecule has 0 saturated carbocycles. The summed E-state index contributed by atoms with van der Waals surface area (Å²) in [5.74, 6) is 0. The zero-order valence-electron chi connectivity index (χ0n) is 11.4. The van der Waals surface area contributed by atoms with Crippen LogP contribution in [0.3, 0.4) is 0 Å². The average Bonchev–Trinajstić information content (AvgIpc) is 2.74. The van der Waals surface area contributed by atoms with Gasteiger partial charge in [-0.15, -0.1) is 10.2 Å². The maximum Gasteiger partial charge on any atom is 0.205 e. The lowest BCUT2D eigenvalue weighted by atomic mass is 10.2. The van der Waals surface area contributed by atoms with Crippen LogP contribution in [0.15, 0.2) is 0 Å². The van der Waals surface area contributed by atoms with Gasteiger partial charge in [-0.2, -0.15) is 0 Å². The lowest BCUT2D eigenvalue weighted by Gasteiger charge is -2.22. The van der Waals surface area contributed by atoms with E-state index >= 15 is 0 Å². The van der Waals surface area contributed by atoms with Crippen LogP contribution in [-0.4, -0.2) is 34.7 Å². The Morgan fingerprint density at radius 2 is 2.06 bits per heavy atom. The normalized spacial score (nSPS) is 13.0. The first-order valence-corrected chi connectivity index (χ1v) is 7.25. The van der Waals surface area contributed by atoms with E-state index in [1.165, 1.54) is 12.8 Å². The number of nitrogens with one attached hydrogen (secondary N) is 1. The fourth-order valence-corrected chi connectivity index (χ4v) is 2.46. The average molecular weight is 256 g/mol. The minimum atomic E-state index is 0.607. The van der Waals surface area contributed by atoms with Crippen molar-refractivity contribution in [2.45, 2.75) is 52.6 Å². The van der Waals surface area contributed by atoms with E-state index in [1.54, 1.807) is 11.3 Å². The van der Waals surface area contributed by atoms with Crippen LogP contribution in [0.5, 0.6) is 0 Å². The monoisotopic (exact) mass is 256 g/mol. The van der Waals surface area contributed by atoms with Gasteiger partial charge in [0.25, 0.3) is 0 Å². The van der Waals surface area contributed by atoms with Crippen LogP contribution in [0, 0.1) is 0 Å². The zero-order chi connectivity index (χ0) is 12.7. The minimum Gasteiger partial charge on any atom is -0.360 e. The summed E-state index contributed by atoms with van der Waals surface area (Å²) >= 11 is 1.66. The van der Waals surface area contributed by atoms with Gasteiger partial charge in [0.1, 0.15) is 5.01 Å². The molecule has 0 radical (unpaired) electrons. The first-order valence-electron chi connectivity index (χ1n) is 6.43. The molecule has 1 N–H and O–H groups in total. The van der Waals surface area contributed by atoms with Crippen LogP contribution in [-0.2, 0) is 6.54 Å². The third-order valence-corrected chi connectivity index (χ3v) is 3.70. The molecule has 0 aliphatic rings. The third kappa shape index (κ3) is 5.00. The van der Waals surface area contributed by atoms with Crippen molar-refractivity contribution < 1.29 is 0 Å². The van der Waals surface area contributed by atoms with Gasteiger partial charge >= 0.3 is 0 Å². The predicted octanol–water partition coefficient (Wildman–Crippen LogP) is 2.98. The Kier molecular flexibility index (Phi) is 6.44. The number of hydrogen-bond acceptors (Lipinski definition) is 5. The SMILES string of the molecule is CCCNc1nnc(CN(C)C(C)CCC)s1. The number of nitrogens with zero attached hydrogens (tertiary/aromatic N) is 3. The second-order valence-corrected chi connectivity index (χ2v) is 5.54. The Morgan fingerprint density at radius 1 is 1.29 bits per heavy atom. The van der Waals surface area contributed by atoms with Gasteiger partial charge in [-0.3, -0.25) is 4.90 Å². The van der Waals surface area contributed by atoms with Crippen LogP contribution >= 0.6 is 11.3 Å². The third-order valence-electron chi connectivity index (χ3n) is 2.84. The van der Waals surface area contributed by atoms with Crippen molar-refractivity contribution in [2.24, 2.45) is 0 Å². The summed E-state index contributed by atoms with van der Waals surface area (Å²) in [6.45, 7) is 8.50. The Bertz CT molecular complexity index is 313. The molecule has 4 nitrogen and oxygen atoms in total. The first kappa shape index (κ1) is 14.4. The van der Waals surface area contributed by atoms with E-state index < -0.39 is 0 Å². The summed E-state index contributed by atoms with van der Waals surface area (Å²) in [4.78, 5) is 2.34.